The average molecular weight is 211 g/mol. The number of hydrogen-bond donors (Lipinski definition) is 0. The van der Waals surface area contributed by atoms with Crippen LogP contribution in [0.25, 0.3) is 6.08 Å². The Balaban J connectivity index is 2.17. The maximum atomic E-state index is 8.77. The fourth-order valence-electron chi connectivity index (χ4n) is 2.35. The van der Waals surface area contributed by atoms with Crippen LogP contribution in [0.15, 0.2) is 29.8 Å². The molecule has 0 bridgehead atoms. The first-order valence-corrected chi connectivity index (χ1v) is 5.93. The summed E-state index contributed by atoms with van der Waals surface area (Å²) in [5.74, 6) is 0.506. The zero-order chi connectivity index (χ0) is 11.4. The average Bonchev–Trinajstić information content (AvgIpc) is 2.70. The number of benzene rings is 1. The number of nitrogens with zero attached hydrogens (tertiary/aromatic N) is 1. The molecule has 1 nitrogen and oxygen atoms in total. The molecule has 0 aromatic heterocycles. The Morgan fingerprint density at radius 3 is 2.81 bits per heavy atom. The minimum atomic E-state index is 0.506. The highest BCUT2D eigenvalue weighted by Gasteiger charge is 2.20. The van der Waals surface area contributed by atoms with Gasteiger partial charge in [0.1, 0.15) is 0 Å². The molecule has 1 aromatic rings. The molecule has 0 heterocycles. The van der Waals surface area contributed by atoms with Gasteiger partial charge in [0.05, 0.1) is 6.07 Å². The van der Waals surface area contributed by atoms with Crippen molar-refractivity contribution in [1.82, 2.24) is 0 Å². The third-order valence-electron chi connectivity index (χ3n) is 3.31. The van der Waals surface area contributed by atoms with Crippen LogP contribution in [0.5, 0.6) is 0 Å². The van der Waals surface area contributed by atoms with Gasteiger partial charge in [0, 0.05) is 6.42 Å². The highest BCUT2D eigenvalue weighted by molar-refractivity contribution is 5.54. The van der Waals surface area contributed by atoms with E-state index in [-0.39, 0.29) is 0 Å². The normalized spacial score (nSPS) is 22.2. The largest absolute Gasteiger partial charge is 0.198 e. The van der Waals surface area contributed by atoms with Crippen LogP contribution in [0.2, 0.25) is 0 Å². The predicted molar refractivity (Wildman–Crippen MR) is 66.7 cm³/mol. The van der Waals surface area contributed by atoms with E-state index in [9.17, 15) is 0 Å². The van der Waals surface area contributed by atoms with Crippen molar-refractivity contribution in [2.45, 2.75) is 32.6 Å². The van der Waals surface area contributed by atoms with Crippen molar-refractivity contribution in [3.05, 3.63) is 41.0 Å². The molecule has 1 atom stereocenters. The summed E-state index contributed by atoms with van der Waals surface area (Å²) >= 11 is 0. The molecule has 1 aromatic carbocycles. The van der Waals surface area contributed by atoms with E-state index in [1.807, 2.05) is 0 Å². The second kappa shape index (κ2) is 4.99. The van der Waals surface area contributed by atoms with Crippen molar-refractivity contribution in [2.75, 3.05) is 0 Å². The Hall–Kier alpha value is -1.55. The Morgan fingerprint density at radius 2 is 2.12 bits per heavy atom. The lowest BCUT2D eigenvalue weighted by atomic mass is 9.97. The monoisotopic (exact) mass is 211 g/mol. The first-order chi connectivity index (χ1) is 7.79. The predicted octanol–water partition coefficient (Wildman–Crippen LogP) is 4.09. The summed E-state index contributed by atoms with van der Waals surface area (Å²) in [6.45, 7) is 2.10. The van der Waals surface area contributed by atoms with E-state index in [1.54, 1.807) is 0 Å². The van der Waals surface area contributed by atoms with E-state index in [0.29, 0.717) is 12.3 Å². The minimum Gasteiger partial charge on any atom is -0.198 e. The Morgan fingerprint density at radius 1 is 1.38 bits per heavy atom. The summed E-state index contributed by atoms with van der Waals surface area (Å²) in [4.78, 5) is 0. The van der Waals surface area contributed by atoms with Crippen molar-refractivity contribution >= 4 is 6.08 Å². The van der Waals surface area contributed by atoms with Crippen LogP contribution >= 0.6 is 0 Å². The SMILES string of the molecule is Cc1ccc(/C=C2\CCCC2CC#N)cc1. The highest BCUT2D eigenvalue weighted by Crippen LogP contribution is 2.34. The van der Waals surface area contributed by atoms with Crippen LogP contribution in [0, 0.1) is 24.2 Å². The van der Waals surface area contributed by atoms with Gasteiger partial charge in [-0.25, -0.2) is 0 Å². The Kier molecular flexibility index (Phi) is 3.41. The number of aryl methyl sites for hydroxylation is 1. The molecule has 0 saturated heterocycles. The van der Waals surface area contributed by atoms with Gasteiger partial charge in [-0.1, -0.05) is 41.5 Å². The topological polar surface area (TPSA) is 23.8 Å². The maximum Gasteiger partial charge on any atom is 0.0628 e. The van der Waals surface area contributed by atoms with E-state index in [0.717, 1.165) is 0 Å². The lowest BCUT2D eigenvalue weighted by molar-refractivity contribution is 0.646. The molecule has 0 amide bonds. The van der Waals surface area contributed by atoms with Gasteiger partial charge in [0.2, 0.25) is 0 Å². The number of hydrogen-bond acceptors (Lipinski definition) is 1. The lowest BCUT2D eigenvalue weighted by Gasteiger charge is -2.07. The summed E-state index contributed by atoms with van der Waals surface area (Å²) in [5, 5.41) is 8.77. The molecule has 1 aliphatic carbocycles. The zero-order valence-electron chi connectivity index (χ0n) is 9.74. The number of nitriles is 1. The van der Waals surface area contributed by atoms with Gasteiger partial charge in [-0.3, -0.25) is 0 Å². The summed E-state index contributed by atoms with van der Waals surface area (Å²) in [6, 6.07) is 10.9. The minimum absolute atomic E-state index is 0.506. The first kappa shape index (κ1) is 11.0. The lowest BCUT2D eigenvalue weighted by Crippen LogP contribution is -1.94. The molecular formula is C15H17N. The van der Waals surface area contributed by atoms with Gasteiger partial charge < -0.3 is 0 Å². The quantitative estimate of drug-likeness (QED) is 0.722. The van der Waals surface area contributed by atoms with Crippen LogP contribution < -0.4 is 0 Å². The third-order valence-corrected chi connectivity index (χ3v) is 3.31. The van der Waals surface area contributed by atoms with Gasteiger partial charge in [-0.05, 0) is 37.7 Å². The van der Waals surface area contributed by atoms with Crippen molar-refractivity contribution in [3.8, 4) is 6.07 Å². The summed E-state index contributed by atoms with van der Waals surface area (Å²) in [7, 11) is 0. The molecule has 1 heteroatoms. The van der Waals surface area contributed by atoms with Gasteiger partial charge in [0.15, 0.2) is 0 Å². The van der Waals surface area contributed by atoms with E-state index >= 15 is 0 Å². The van der Waals surface area contributed by atoms with E-state index in [2.05, 4.69) is 43.3 Å². The van der Waals surface area contributed by atoms with Crippen molar-refractivity contribution in [3.63, 3.8) is 0 Å². The van der Waals surface area contributed by atoms with Crippen molar-refractivity contribution in [1.29, 1.82) is 5.26 Å². The van der Waals surface area contributed by atoms with Crippen LogP contribution in [0.3, 0.4) is 0 Å². The van der Waals surface area contributed by atoms with Crippen LogP contribution in [-0.4, -0.2) is 0 Å². The first-order valence-electron chi connectivity index (χ1n) is 5.93. The molecule has 2 rings (SSSR count). The van der Waals surface area contributed by atoms with E-state index in [1.165, 1.54) is 36.0 Å². The van der Waals surface area contributed by atoms with Gasteiger partial charge in [0.25, 0.3) is 0 Å². The third kappa shape index (κ3) is 2.52. The summed E-state index contributed by atoms with van der Waals surface area (Å²) < 4.78 is 0. The van der Waals surface area contributed by atoms with E-state index < -0.39 is 0 Å². The summed E-state index contributed by atoms with van der Waals surface area (Å²) in [6.07, 6.45) is 6.54. The highest BCUT2D eigenvalue weighted by atomic mass is 14.3. The molecule has 1 aliphatic rings. The van der Waals surface area contributed by atoms with Crippen LogP contribution in [-0.2, 0) is 0 Å². The second-order valence-electron chi connectivity index (χ2n) is 4.58. The smallest absolute Gasteiger partial charge is 0.0628 e. The Bertz CT molecular complexity index is 420. The zero-order valence-corrected chi connectivity index (χ0v) is 9.74. The van der Waals surface area contributed by atoms with E-state index in [4.69, 9.17) is 5.26 Å². The molecule has 0 aliphatic heterocycles. The fourth-order valence-corrected chi connectivity index (χ4v) is 2.35. The molecule has 0 radical (unpaired) electrons. The maximum absolute atomic E-state index is 8.77. The standard InChI is InChI=1S/C15H17N/c1-12-5-7-13(8-6-12)11-15-4-2-3-14(15)9-10-16/h5-8,11,14H,2-4,9H2,1H3/b15-11+. The second-order valence-corrected chi connectivity index (χ2v) is 4.58. The molecule has 16 heavy (non-hydrogen) atoms. The Labute approximate surface area is 97.4 Å². The summed E-state index contributed by atoms with van der Waals surface area (Å²) in [5.41, 5.74) is 4.03. The molecule has 1 saturated carbocycles. The van der Waals surface area contributed by atoms with Crippen molar-refractivity contribution < 1.29 is 0 Å². The molecule has 1 unspecified atom stereocenters. The van der Waals surface area contributed by atoms with Gasteiger partial charge >= 0.3 is 0 Å². The molecule has 0 spiro atoms. The molecule has 1 fully saturated rings. The molecule has 0 N–H and O–H groups in total. The van der Waals surface area contributed by atoms with Gasteiger partial charge in [-0.2, -0.15) is 5.26 Å². The number of allylic oxidation sites excluding steroid dienone is 1. The number of rotatable bonds is 2. The van der Waals surface area contributed by atoms with Crippen molar-refractivity contribution in [2.24, 2.45) is 5.92 Å². The van der Waals surface area contributed by atoms with Gasteiger partial charge in [-0.15, -0.1) is 0 Å². The van der Waals surface area contributed by atoms with Crippen LogP contribution in [0.4, 0.5) is 0 Å². The molecule has 82 valence electrons. The fraction of sp³-hybridized carbons (Fsp3) is 0.400. The molecular weight excluding hydrogens is 194 g/mol. The van der Waals surface area contributed by atoms with Crippen LogP contribution in [0.1, 0.15) is 36.8 Å².